The zero-order valence-electron chi connectivity index (χ0n) is 9.77. The summed E-state index contributed by atoms with van der Waals surface area (Å²) in [6.45, 7) is 2.07. The molecular formula is C12H14BrN3O. The lowest BCUT2D eigenvalue weighted by atomic mass is 10.2. The predicted octanol–water partition coefficient (Wildman–Crippen LogP) is 3.17. The van der Waals surface area contributed by atoms with Gasteiger partial charge in [-0.2, -0.15) is 0 Å². The summed E-state index contributed by atoms with van der Waals surface area (Å²) < 4.78 is 6.68. The Morgan fingerprint density at radius 2 is 2.00 bits per heavy atom. The standard InChI is InChI=1S/C12H14BrN3O/c1-3-10(14-2)12-16-15-11(17-12)8-4-6-9(13)7-5-8/h4-7,10,14H,3H2,1-2H3. The molecule has 0 aliphatic carbocycles. The van der Waals surface area contributed by atoms with E-state index in [4.69, 9.17) is 4.42 Å². The highest BCUT2D eigenvalue weighted by atomic mass is 79.9. The molecule has 1 unspecified atom stereocenters. The second-order valence-corrected chi connectivity index (χ2v) is 4.62. The zero-order valence-corrected chi connectivity index (χ0v) is 11.4. The highest BCUT2D eigenvalue weighted by molar-refractivity contribution is 9.10. The van der Waals surface area contributed by atoms with Crippen molar-refractivity contribution in [1.29, 1.82) is 0 Å². The van der Waals surface area contributed by atoms with E-state index in [9.17, 15) is 0 Å². The summed E-state index contributed by atoms with van der Waals surface area (Å²) in [6.07, 6.45) is 0.915. The first-order valence-electron chi connectivity index (χ1n) is 5.51. The highest BCUT2D eigenvalue weighted by Gasteiger charge is 2.15. The van der Waals surface area contributed by atoms with Crippen LogP contribution in [-0.4, -0.2) is 17.2 Å². The third-order valence-corrected chi connectivity index (χ3v) is 3.12. The molecule has 0 aliphatic heterocycles. The topological polar surface area (TPSA) is 51.0 Å². The van der Waals surface area contributed by atoms with Gasteiger partial charge in [-0.05, 0) is 37.7 Å². The minimum absolute atomic E-state index is 0.117. The second kappa shape index (κ2) is 5.42. The molecule has 0 saturated heterocycles. The summed E-state index contributed by atoms with van der Waals surface area (Å²) in [7, 11) is 1.89. The molecule has 2 aromatic rings. The number of hydrogen-bond acceptors (Lipinski definition) is 4. The minimum atomic E-state index is 0.117. The average molecular weight is 296 g/mol. The molecule has 0 bridgehead atoms. The summed E-state index contributed by atoms with van der Waals surface area (Å²) in [5.41, 5.74) is 0.929. The monoisotopic (exact) mass is 295 g/mol. The summed E-state index contributed by atoms with van der Waals surface area (Å²) in [4.78, 5) is 0. The fourth-order valence-electron chi connectivity index (χ4n) is 1.59. The number of rotatable bonds is 4. The van der Waals surface area contributed by atoms with Crippen molar-refractivity contribution >= 4 is 15.9 Å². The van der Waals surface area contributed by atoms with Gasteiger partial charge in [0.25, 0.3) is 0 Å². The largest absolute Gasteiger partial charge is 0.419 e. The smallest absolute Gasteiger partial charge is 0.247 e. The maximum absolute atomic E-state index is 5.65. The van der Waals surface area contributed by atoms with Gasteiger partial charge in [0.1, 0.15) is 0 Å². The van der Waals surface area contributed by atoms with E-state index in [1.807, 2.05) is 31.3 Å². The van der Waals surface area contributed by atoms with E-state index in [0.717, 1.165) is 16.5 Å². The second-order valence-electron chi connectivity index (χ2n) is 3.70. The normalized spacial score (nSPS) is 12.6. The highest BCUT2D eigenvalue weighted by Crippen LogP contribution is 2.23. The van der Waals surface area contributed by atoms with E-state index < -0.39 is 0 Å². The van der Waals surface area contributed by atoms with Crippen LogP contribution in [0.4, 0.5) is 0 Å². The molecule has 5 heteroatoms. The quantitative estimate of drug-likeness (QED) is 0.941. The van der Waals surface area contributed by atoms with E-state index in [-0.39, 0.29) is 6.04 Å². The number of benzene rings is 1. The van der Waals surface area contributed by atoms with Crippen molar-refractivity contribution in [2.75, 3.05) is 7.05 Å². The first kappa shape index (κ1) is 12.3. The van der Waals surface area contributed by atoms with Crippen molar-refractivity contribution in [2.45, 2.75) is 19.4 Å². The van der Waals surface area contributed by atoms with Crippen molar-refractivity contribution < 1.29 is 4.42 Å². The van der Waals surface area contributed by atoms with Crippen LogP contribution in [0.2, 0.25) is 0 Å². The van der Waals surface area contributed by atoms with Gasteiger partial charge in [-0.15, -0.1) is 10.2 Å². The number of hydrogen-bond donors (Lipinski definition) is 1. The van der Waals surface area contributed by atoms with E-state index in [2.05, 4.69) is 38.4 Å². The first-order chi connectivity index (χ1) is 8.24. The Morgan fingerprint density at radius 1 is 1.29 bits per heavy atom. The SMILES string of the molecule is CCC(NC)c1nnc(-c2ccc(Br)cc2)o1. The van der Waals surface area contributed by atoms with Crippen LogP contribution in [0, 0.1) is 0 Å². The molecule has 90 valence electrons. The average Bonchev–Trinajstić information content (AvgIpc) is 2.81. The van der Waals surface area contributed by atoms with Crippen LogP contribution in [0.25, 0.3) is 11.5 Å². The van der Waals surface area contributed by atoms with Gasteiger partial charge in [0.05, 0.1) is 6.04 Å². The Kier molecular flexibility index (Phi) is 3.91. The lowest BCUT2D eigenvalue weighted by Gasteiger charge is -2.07. The molecule has 0 saturated carbocycles. The van der Waals surface area contributed by atoms with Gasteiger partial charge >= 0.3 is 0 Å². The predicted molar refractivity (Wildman–Crippen MR) is 69.5 cm³/mol. The molecule has 2 rings (SSSR count). The molecule has 0 aliphatic rings. The van der Waals surface area contributed by atoms with Gasteiger partial charge in [0, 0.05) is 10.0 Å². The van der Waals surface area contributed by atoms with Crippen LogP contribution in [0.3, 0.4) is 0 Å². The van der Waals surface area contributed by atoms with Crippen molar-refractivity contribution in [3.8, 4) is 11.5 Å². The Morgan fingerprint density at radius 3 is 2.59 bits per heavy atom. The molecule has 0 amide bonds. The lowest BCUT2D eigenvalue weighted by Crippen LogP contribution is -2.15. The third-order valence-electron chi connectivity index (χ3n) is 2.59. The van der Waals surface area contributed by atoms with Crippen molar-refractivity contribution in [1.82, 2.24) is 15.5 Å². The van der Waals surface area contributed by atoms with Gasteiger partial charge < -0.3 is 9.73 Å². The van der Waals surface area contributed by atoms with Crippen LogP contribution in [0.1, 0.15) is 25.3 Å². The molecule has 1 aromatic heterocycles. The molecule has 0 radical (unpaired) electrons. The van der Waals surface area contributed by atoms with Crippen LogP contribution in [-0.2, 0) is 0 Å². The zero-order chi connectivity index (χ0) is 12.3. The Hall–Kier alpha value is -1.20. The van der Waals surface area contributed by atoms with Crippen LogP contribution >= 0.6 is 15.9 Å². The van der Waals surface area contributed by atoms with Gasteiger partial charge in [0.2, 0.25) is 11.8 Å². The van der Waals surface area contributed by atoms with Gasteiger partial charge in [0.15, 0.2) is 0 Å². The summed E-state index contributed by atoms with van der Waals surface area (Å²) in [6, 6.07) is 7.92. The molecule has 17 heavy (non-hydrogen) atoms. The third kappa shape index (κ3) is 2.73. The number of nitrogens with zero attached hydrogens (tertiary/aromatic N) is 2. The summed E-state index contributed by atoms with van der Waals surface area (Å²) in [5.74, 6) is 1.19. The fourth-order valence-corrected chi connectivity index (χ4v) is 1.85. The van der Waals surface area contributed by atoms with Crippen LogP contribution in [0.15, 0.2) is 33.2 Å². The van der Waals surface area contributed by atoms with E-state index >= 15 is 0 Å². The number of halogens is 1. The minimum Gasteiger partial charge on any atom is -0.419 e. The molecule has 1 aromatic carbocycles. The Balaban J connectivity index is 2.26. The fraction of sp³-hybridized carbons (Fsp3) is 0.333. The molecule has 0 spiro atoms. The summed E-state index contributed by atoms with van der Waals surface area (Å²) >= 11 is 3.39. The first-order valence-corrected chi connectivity index (χ1v) is 6.30. The molecule has 1 N–H and O–H groups in total. The van der Waals surface area contributed by atoms with Gasteiger partial charge in [-0.1, -0.05) is 22.9 Å². The maximum atomic E-state index is 5.65. The van der Waals surface area contributed by atoms with E-state index in [1.165, 1.54) is 0 Å². The Bertz CT molecular complexity index is 477. The number of aromatic nitrogens is 2. The van der Waals surface area contributed by atoms with Crippen molar-refractivity contribution in [2.24, 2.45) is 0 Å². The lowest BCUT2D eigenvalue weighted by molar-refractivity contribution is 0.415. The van der Waals surface area contributed by atoms with E-state index in [0.29, 0.717) is 11.8 Å². The molecular weight excluding hydrogens is 282 g/mol. The molecule has 4 nitrogen and oxygen atoms in total. The number of nitrogens with one attached hydrogen (secondary N) is 1. The Labute approximate surface area is 109 Å². The molecule has 1 heterocycles. The molecule has 0 fully saturated rings. The van der Waals surface area contributed by atoms with Gasteiger partial charge in [-0.3, -0.25) is 0 Å². The van der Waals surface area contributed by atoms with Crippen molar-refractivity contribution in [3.63, 3.8) is 0 Å². The van der Waals surface area contributed by atoms with Gasteiger partial charge in [-0.25, -0.2) is 0 Å². The maximum Gasteiger partial charge on any atom is 0.247 e. The molecule has 1 atom stereocenters. The van der Waals surface area contributed by atoms with E-state index in [1.54, 1.807) is 0 Å². The summed E-state index contributed by atoms with van der Waals surface area (Å²) in [5, 5.41) is 11.3. The van der Waals surface area contributed by atoms with Crippen LogP contribution < -0.4 is 5.32 Å². The van der Waals surface area contributed by atoms with Crippen LogP contribution in [0.5, 0.6) is 0 Å². The van der Waals surface area contributed by atoms with Crippen molar-refractivity contribution in [3.05, 3.63) is 34.6 Å².